The van der Waals surface area contributed by atoms with Gasteiger partial charge in [-0.2, -0.15) is 0 Å². The molecule has 0 aromatic heterocycles. The molecule has 5 nitrogen and oxygen atoms in total. The molecule has 12 heavy (non-hydrogen) atoms. The summed E-state index contributed by atoms with van der Waals surface area (Å²) < 4.78 is 0. The van der Waals surface area contributed by atoms with Crippen LogP contribution in [0.25, 0.3) is 10.4 Å². The van der Waals surface area contributed by atoms with E-state index < -0.39 is 5.97 Å². The van der Waals surface area contributed by atoms with Gasteiger partial charge in [0.25, 0.3) is 0 Å². The summed E-state index contributed by atoms with van der Waals surface area (Å²) in [6.45, 7) is 2.33. The van der Waals surface area contributed by atoms with E-state index in [1.165, 1.54) is 0 Å². The first-order valence-electron chi connectivity index (χ1n) is 3.93. The Morgan fingerprint density at radius 2 is 2.42 bits per heavy atom. The zero-order valence-corrected chi connectivity index (χ0v) is 7.10. The maximum Gasteiger partial charge on any atom is 0.303 e. The smallest absolute Gasteiger partial charge is 0.303 e. The summed E-state index contributed by atoms with van der Waals surface area (Å²) >= 11 is 0. The lowest BCUT2D eigenvalue weighted by atomic mass is 9.99. The van der Waals surface area contributed by atoms with E-state index in [-0.39, 0.29) is 12.3 Å². The Bertz CT molecular complexity index is 187. The van der Waals surface area contributed by atoms with Crippen molar-refractivity contribution in [3.63, 3.8) is 0 Å². The Kier molecular flexibility index (Phi) is 5.83. The van der Waals surface area contributed by atoms with Crippen LogP contribution in [-0.2, 0) is 4.79 Å². The van der Waals surface area contributed by atoms with E-state index >= 15 is 0 Å². The van der Waals surface area contributed by atoms with Crippen molar-refractivity contribution in [2.45, 2.75) is 26.2 Å². The molecule has 0 aliphatic rings. The minimum Gasteiger partial charge on any atom is -0.481 e. The zero-order chi connectivity index (χ0) is 9.40. The molecule has 0 amide bonds. The Balaban J connectivity index is 3.66. The summed E-state index contributed by atoms with van der Waals surface area (Å²) in [6, 6.07) is 0. The van der Waals surface area contributed by atoms with Gasteiger partial charge in [-0.25, -0.2) is 0 Å². The van der Waals surface area contributed by atoms with Crippen LogP contribution in [0.15, 0.2) is 5.11 Å². The van der Waals surface area contributed by atoms with Crippen LogP contribution < -0.4 is 0 Å². The molecule has 0 unspecified atom stereocenters. The van der Waals surface area contributed by atoms with Crippen LogP contribution >= 0.6 is 0 Å². The summed E-state index contributed by atoms with van der Waals surface area (Å²) in [5.74, 6) is -0.657. The van der Waals surface area contributed by atoms with E-state index in [0.29, 0.717) is 13.0 Å². The number of hydrogen-bond donors (Lipinski definition) is 1. The number of aliphatic carboxylic acids is 1. The molecule has 0 aromatic rings. The predicted molar refractivity (Wildman–Crippen MR) is 44.7 cm³/mol. The molecule has 0 aliphatic carbocycles. The van der Waals surface area contributed by atoms with E-state index in [2.05, 4.69) is 10.0 Å². The molecule has 68 valence electrons. The first-order valence-corrected chi connectivity index (χ1v) is 3.93. The van der Waals surface area contributed by atoms with Crippen LogP contribution in [-0.4, -0.2) is 17.6 Å². The molecule has 0 rings (SSSR count). The van der Waals surface area contributed by atoms with Crippen LogP contribution in [0, 0.1) is 5.92 Å². The number of rotatable bonds is 6. The third-order valence-corrected chi connectivity index (χ3v) is 1.74. The number of azide groups is 1. The molecular weight excluding hydrogens is 158 g/mol. The largest absolute Gasteiger partial charge is 0.481 e. The average Bonchev–Trinajstić information content (AvgIpc) is 2.02. The van der Waals surface area contributed by atoms with Gasteiger partial charge >= 0.3 is 5.97 Å². The van der Waals surface area contributed by atoms with Crippen molar-refractivity contribution >= 4 is 5.97 Å². The SMILES string of the molecule is CC[C@@H](CCN=[N+]=[N-])CC(=O)O. The Morgan fingerprint density at radius 1 is 1.75 bits per heavy atom. The van der Waals surface area contributed by atoms with Gasteiger partial charge in [0.15, 0.2) is 0 Å². The second kappa shape index (κ2) is 6.49. The van der Waals surface area contributed by atoms with Gasteiger partial charge in [-0.1, -0.05) is 18.5 Å². The van der Waals surface area contributed by atoms with Gasteiger partial charge in [-0.3, -0.25) is 4.79 Å². The lowest BCUT2D eigenvalue weighted by Crippen LogP contribution is -2.07. The Labute approximate surface area is 71.0 Å². The molecular formula is C7H13N3O2. The lowest BCUT2D eigenvalue weighted by Gasteiger charge is -2.08. The third-order valence-electron chi connectivity index (χ3n) is 1.74. The molecule has 1 N–H and O–H groups in total. The highest BCUT2D eigenvalue weighted by Gasteiger charge is 2.09. The highest BCUT2D eigenvalue weighted by Crippen LogP contribution is 2.12. The van der Waals surface area contributed by atoms with Crippen LogP contribution in [0.1, 0.15) is 26.2 Å². The molecule has 5 heteroatoms. The molecule has 0 saturated carbocycles. The van der Waals surface area contributed by atoms with Gasteiger partial charge in [0.2, 0.25) is 0 Å². The molecule has 0 saturated heterocycles. The second-order valence-electron chi connectivity index (χ2n) is 2.62. The maximum atomic E-state index is 10.3. The van der Waals surface area contributed by atoms with E-state index in [1.807, 2.05) is 6.92 Å². The van der Waals surface area contributed by atoms with Gasteiger partial charge in [0.05, 0.1) is 0 Å². The summed E-state index contributed by atoms with van der Waals surface area (Å²) in [5, 5.41) is 11.8. The molecule has 0 spiro atoms. The highest BCUT2D eigenvalue weighted by atomic mass is 16.4. The van der Waals surface area contributed by atoms with Crippen LogP contribution in [0.2, 0.25) is 0 Å². The van der Waals surface area contributed by atoms with E-state index in [1.54, 1.807) is 0 Å². The van der Waals surface area contributed by atoms with Gasteiger partial charge in [0.1, 0.15) is 0 Å². The normalized spacial score (nSPS) is 11.8. The average molecular weight is 171 g/mol. The molecule has 1 atom stereocenters. The minimum atomic E-state index is -0.789. The van der Waals surface area contributed by atoms with Crippen LogP contribution in [0.5, 0.6) is 0 Å². The van der Waals surface area contributed by atoms with Crippen molar-refractivity contribution < 1.29 is 9.90 Å². The second-order valence-corrected chi connectivity index (χ2v) is 2.62. The van der Waals surface area contributed by atoms with E-state index in [0.717, 1.165) is 6.42 Å². The topological polar surface area (TPSA) is 86.1 Å². The highest BCUT2D eigenvalue weighted by molar-refractivity contribution is 5.66. The Morgan fingerprint density at radius 3 is 2.83 bits per heavy atom. The van der Waals surface area contributed by atoms with Crippen molar-refractivity contribution in [2.75, 3.05) is 6.54 Å². The minimum absolute atomic E-state index is 0.132. The van der Waals surface area contributed by atoms with Gasteiger partial charge in [-0.05, 0) is 17.9 Å². The first kappa shape index (κ1) is 10.8. The molecule has 0 aliphatic heterocycles. The quantitative estimate of drug-likeness (QED) is 0.377. The maximum absolute atomic E-state index is 10.3. The number of hydrogen-bond acceptors (Lipinski definition) is 2. The van der Waals surface area contributed by atoms with Crippen LogP contribution in [0.4, 0.5) is 0 Å². The lowest BCUT2D eigenvalue weighted by molar-refractivity contribution is -0.138. The van der Waals surface area contributed by atoms with Gasteiger partial charge in [-0.15, -0.1) is 0 Å². The fraction of sp³-hybridized carbons (Fsp3) is 0.857. The van der Waals surface area contributed by atoms with E-state index in [4.69, 9.17) is 10.6 Å². The summed E-state index contributed by atoms with van der Waals surface area (Å²) in [5.41, 5.74) is 7.98. The molecule has 0 radical (unpaired) electrons. The summed E-state index contributed by atoms with van der Waals surface area (Å²) in [4.78, 5) is 12.9. The molecule has 0 fully saturated rings. The van der Waals surface area contributed by atoms with Crippen molar-refractivity contribution in [1.29, 1.82) is 0 Å². The van der Waals surface area contributed by atoms with Crippen molar-refractivity contribution in [3.05, 3.63) is 10.4 Å². The van der Waals surface area contributed by atoms with Crippen molar-refractivity contribution in [3.8, 4) is 0 Å². The fourth-order valence-electron chi connectivity index (χ4n) is 0.983. The number of carbonyl (C=O) groups is 1. The zero-order valence-electron chi connectivity index (χ0n) is 7.10. The molecule has 0 heterocycles. The van der Waals surface area contributed by atoms with Gasteiger partial charge < -0.3 is 5.11 Å². The Hall–Kier alpha value is -1.22. The summed E-state index contributed by atoms with van der Waals surface area (Å²) in [6.07, 6.45) is 1.64. The number of nitrogens with zero attached hydrogens (tertiary/aromatic N) is 3. The predicted octanol–water partition coefficient (Wildman–Crippen LogP) is 2.19. The first-order chi connectivity index (χ1) is 5.70. The van der Waals surface area contributed by atoms with Crippen LogP contribution in [0.3, 0.4) is 0 Å². The molecule has 0 bridgehead atoms. The number of carboxylic acids is 1. The van der Waals surface area contributed by atoms with E-state index in [9.17, 15) is 4.79 Å². The molecule has 0 aromatic carbocycles. The van der Waals surface area contributed by atoms with Gasteiger partial charge in [0, 0.05) is 17.9 Å². The number of carboxylic acid groups (broad SMARTS) is 1. The monoisotopic (exact) mass is 171 g/mol. The van der Waals surface area contributed by atoms with Crippen molar-refractivity contribution in [2.24, 2.45) is 11.0 Å². The standard InChI is InChI=1S/C7H13N3O2/c1-2-6(5-7(11)12)3-4-9-10-8/h6H,2-5H2,1H3,(H,11,12)/t6-/m0/s1. The fourth-order valence-corrected chi connectivity index (χ4v) is 0.983. The third kappa shape index (κ3) is 5.56. The van der Waals surface area contributed by atoms with Crippen molar-refractivity contribution in [1.82, 2.24) is 0 Å². The summed E-state index contributed by atoms with van der Waals surface area (Å²) in [7, 11) is 0.